The Morgan fingerprint density at radius 2 is 1.07 bits per heavy atom. The molecule has 0 fully saturated rings. The smallest absolute Gasteiger partial charge is 0.137 e. The van der Waals surface area contributed by atoms with E-state index >= 15 is 0 Å². The first-order valence-electron chi connectivity index (χ1n) is 11.3. The Bertz CT molecular complexity index is 462. The van der Waals surface area contributed by atoms with Crippen molar-refractivity contribution in [3.63, 3.8) is 0 Å². The van der Waals surface area contributed by atoms with E-state index in [1.54, 1.807) is 6.07 Å². The minimum Gasteiger partial charge on any atom is -0.492 e. The Morgan fingerprint density at radius 1 is 0.630 bits per heavy atom. The maximum absolute atomic E-state index is 6.10. The van der Waals surface area contributed by atoms with Crippen LogP contribution in [0.3, 0.4) is 0 Å². The van der Waals surface area contributed by atoms with Gasteiger partial charge in [-0.15, -0.1) is 0 Å². The monoisotopic (exact) mass is 414 g/mol. The molecule has 0 unspecified atom stereocenters. The molecule has 156 valence electrons. The SMILES string of the molecule is CCCCCCCCCCCCCCCCCCOc1ccc(Cl)cc1Cl. The lowest BCUT2D eigenvalue weighted by Gasteiger charge is -2.08. The lowest BCUT2D eigenvalue weighted by molar-refractivity contribution is 0.304. The highest BCUT2D eigenvalue weighted by atomic mass is 35.5. The van der Waals surface area contributed by atoms with Crippen molar-refractivity contribution in [2.75, 3.05) is 6.61 Å². The van der Waals surface area contributed by atoms with Gasteiger partial charge in [-0.3, -0.25) is 0 Å². The van der Waals surface area contributed by atoms with Crippen LogP contribution in [0.25, 0.3) is 0 Å². The predicted molar refractivity (Wildman–Crippen MR) is 122 cm³/mol. The van der Waals surface area contributed by atoms with Crippen LogP contribution in [0.15, 0.2) is 18.2 Å². The second kappa shape index (κ2) is 17.7. The van der Waals surface area contributed by atoms with Gasteiger partial charge in [0.05, 0.1) is 11.6 Å². The number of benzene rings is 1. The average molecular weight is 415 g/mol. The van der Waals surface area contributed by atoms with E-state index in [0.717, 1.165) is 18.8 Å². The molecule has 0 radical (unpaired) electrons. The number of ether oxygens (including phenoxy) is 1. The largest absolute Gasteiger partial charge is 0.492 e. The van der Waals surface area contributed by atoms with Gasteiger partial charge in [0.1, 0.15) is 5.75 Å². The number of hydrogen-bond acceptors (Lipinski definition) is 1. The zero-order chi connectivity index (χ0) is 19.6. The first-order chi connectivity index (χ1) is 13.2. The van der Waals surface area contributed by atoms with Crippen molar-refractivity contribution in [3.8, 4) is 5.75 Å². The molecule has 0 bridgehead atoms. The summed E-state index contributed by atoms with van der Waals surface area (Å²) in [7, 11) is 0. The van der Waals surface area contributed by atoms with Crippen LogP contribution in [0.1, 0.15) is 110 Å². The van der Waals surface area contributed by atoms with Gasteiger partial charge in [0.25, 0.3) is 0 Å². The van der Waals surface area contributed by atoms with Gasteiger partial charge in [0.15, 0.2) is 0 Å². The van der Waals surface area contributed by atoms with Crippen LogP contribution in [-0.4, -0.2) is 6.61 Å². The maximum atomic E-state index is 6.10. The first-order valence-corrected chi connectivity index (χ1v) is 12.1. The molecule has 0 N–H and O–H groups in total. The Hall–Kier alpha value is -0.400. The third kappa shape index (κ3) is 14.3. The minimum atomic E-state index is 0.596. The van der Waals surface area contributed by atoms with Gasteiger partial charge in [-0.05, 0) is 24.6 Å². The molecular weight excluding hydrogens is 375 g/mol. The van der Waals surface area contributed by atoms with Crippen molar-refractivity contribution in [1.29, 1.82) is 0 Å². The van der Waals surface area contributed by atoms with Crippen LogP contribution in [-0.2, 0) is 0 Å². The van der Waals surface area contributed by atoms with Gasteiger partial charge < -0.3 is 4.74 Å². The molecule has 0 saturated heterocycles. The molecule has 3 heteroatoms. The molecular formula is C24H40Cl2O. The highest BCUT2D eigenvalue weighted by Crippen LogP contribution is 2.27. The second-order valence-electron chi connectivity index (χ2n) is 7.73. The molecule has 0 atom stereocenters. The van der Waals surface area contributed by atoms with Crippen LogP contribution in [0, 0.1) is 0 Å². The Balaban J connectivity index is 1.78. The quantitative estimate of drug-likeness (QED) is 0.217. The van der Waals surface area contributed by atoms with E-state index in [1.165, 1.54) is 96.3 Å². The van der Waals surface area contributed by atoms with Crippen LogP contribution in [0.5, 0.6) is 5.75 Å². The van der Waals surface area contributed by atoms with Crippen LogP contribution < -0.4 is 4.74 Å². The lowest BCUT2D eigenvalue weighted by Crippen LogP contribution is -1.97. The zero-order valence-corrected chi connectivity index (χ0v) is 18.9. The maximum Gasteiger partial charge on any atom is 0.137 e. The van der Waals surface area contributed by atoms with Crippen LogP contribution >= 0.6 is 23.2 Å². The zero-order valence-electron chi connectivity index (χ0n) is 17.4. The summed E-state index contributed by atoms with van der Waals surface area (Å²) in [5.41, 5.74) is 0. The number of hydrogen-bond donors (Lipinski definition) is 0. The van der Waals surface area contributed by atoms with E-state index in [4.69, 9.17) is 27.9 Å². The van der Waals surface area contributed by atoms with Crippen molar-refractivity contribution in [1.82, 2.24) is 0 Å². The molecule has 0 aliphatic heterocycles. The Kier molecular flexibility index (Phi) is 16.1. The standard InChI is InChI=1S/C24H40Cl2O/c1-2-3-4-5-6-7-8-9-10-11-12-13-14-15-16-17-20-27-24-19-18-22(25)21-23(24)26/h18-19,21H,2-17,20H2,1H3. The van der Waals surface area contributed by atoms with Gasteiger partial charge in [-0.1, -0.05) is 126 Å². The Morgan fingerprint density at radius 3 is 1.52 bits per heavy atom. The summed E-state index contributed by atoms with van der Waals surface area (Å²) < 4.78 is 5.72. The molecule has 0 heterocycles. The van der Waals surface area contributed by atoms with E-state index < -0.39 is 0 Å². The highest BCUT2D eigenvalue weighted by Gasteiger charge is 2.02. The van der Waals surface area contributed by atoms with E-state index in [-0.39, 0.29) is 0 Å². The van der Waals surface area contributed by atoms with Crippen molar-refractivity contribution in [2.24, 2.45) is 0 Å². The highest BCUT2D eigenvalue weighted by molar-refractivity contribution is 6.35. The van der Waals surface area contributed by atoms with E-state index in [1.807, 2.05) is 12.1 Å². The number of halogens is 2. The summed E-state index contributed by atoms with van der Waals surface area (Å²) in [5, 5.41) is 1.24. The predicted octanol–water partition coefficient (Wildman–Crippen LogP) is 9.63. The molecule has 0 aromatic heterocycles. The third-order valence-corrected chi connectivity index (χ3v) is 5.68. The van der Waals surface area contributed by atoms with Crippen molar-refractivity contribution in [3.05, 3.63) is 28.2 Å². The summed E-state index contributed by atoms with van der Waals surface area (Å²) in [6.07, 6.45) is 22.1. The molecule has 1 nitrogen and oxygen atoms in total. The lowest BCUT2D eigenvalue weighted by atomic mass is 10.0. The fraction of sp³-hybridized carbons (Fsp3) is 0.750. The first kappa shape index (κ1) is 24.6. The topological polar surface area (TPSA) is 9.23 Å². The molecule has 1 rings (SSSR count). The summed E-state index contributed by atoms with van der Waals surface area (Å²) in [5.74, 6) is 0.738. The summed E-state index contributed by atoms with van der Waals surface area (Å²) in [4.78, 5) is 0. The molecule has 1 aromatic rings. The van der Waals surface area contributed by atoms with Crippen molar-refractivity contribution >= 4 is 23.2 Å². The normalized spacial score (nSPS) is 11.1. The average Bonchev–Trinajstić information content (AvgIpc) is 2.65. The van der Waals surface area contributed by atoms with E-state index in [9.17, 15) is 0 Å². The fourth-order valence-corrected chi connectivity index (χ4v) is 3.89. The van der Waals surface area contributed by atoms with Crippen LogP contribution in [0.2, 0.25) is 10.0 Å². The number of unbranched alkanes of at least 4 members (excludes halogenated alkanes) is 15. The van der Waals surface area contributed by atoms with Gasteiger partial charge in [0, 0.05) is 5.02 Å². The fourth-order valence-electron chi connectivity index (χ4n) is 3.42. The van der Waals surface area contributed by atoms with Gasteiger partial charge in [-0.2, -0.15) is 0 Å². The molecule has 27 heavy (non-hydrogen) atoms. The molecule has 1 aromatic carbocycles. The molecule has 0 aliphatic rings. The van der Waals surface area contributed by atoms with Gasteiger partial charge >= 0.3 is 0 Å². The minimum absolute atomic E-state index is 0.596. The molecule has 0 amide bonds. The Labute approximate surface area is 178 Å². The summed E-state index contributed by atoms with van der Waals surface area (Å²) >= 11 is 12.0. The van der Waals surface area contributed by atoms with Gasteiger partial charge in [0.2, 0.25) is 0 Å². The number of rotatable bonds is 18. The molecule has 0 spiro atoms. The summed E-state index contributed by atoms with van der Waals surface area (Å²) in [6.45, 7) is 3.02. The van der Waals surface area contributed by atoms with Crippen molar-refractivity contribution < 1.29 is 4.74 Å². The van der Waals surface area contributed by atoms with Crippen molar-refractivity contribution in [2.45, 2.75) is 110 Å². The van der Waals surface area contributed by atoms with E-state index in [2.05, 4.69) is 6.92 Å². The molecule has 0 saturated carbocycles. The van der Waals surface area contributed by atoms with Gasteiger partial charge in [-0.25, -0.2) is 0 Å². The second-order valence-corrected chi connectivity index (χ2v) is 8.57. The van der Waals surface area contributed by atoms with Crippen LogP contribution in [0.4, 0.5) is 0 Å². The van der Waals surface area contributed by atoms with E-state index in [0.29, 0.717) is 10.0 Å². The summed E-state index contributed by atoms with van der Waals surface area (Å²) in [6, 6.07) is 5.39. The third-order valence-electron chi connectivity index (χ3n) is 5.15. The molecule has 0 aliphatic carbocycles.